The summed E-state index contributed by atoms with van der Waals surface area (Å²) in [5.41, 5.74) is 0.738. The summed E-state index contributed by atoms with van der Waals surface area (Å²) in [5, 5.41) is 7.23. The maximum absolute atomic E-state index is 10.7. The molecule has 0 aromatic rings. The van der Waals surface area contributed by atoms with Crippen LogP contribution in [-0.2, 0) is 4.79 Å². The van der Waals surface area contributed by atoms with Crippen LogP contribution in [0.3, 0.4) is 0 Å². The molecule has 0 radical (unpaired) electrons. The van der Waals surface area contributed by atoms with Crippen LogP contribution in [0, 0.1) is 5.41 Å². The zero-order valence-electron chi connectivity index (χ0n) is 5.43. The van der Waals surface area contributed by atoms with E-state index in [-0.39, 0.29) is 5.91 Å². The van der Waals surface area contributed by atoms with Crippen LogP contribution < -0.4 is 0 Å². The first kappa shape index (κ1) is 6.01. The summed E-state index contributed by atoms with van der Waals surface area (Å²) in [6.07, 6.45) is 1.46. The highest BCUT2D eigenvalue weighted by atomic mass is 16.2. The molecule has 0 aromatic carbocycles. The Balaban J connectivity index is 2.95. The van der Waals surface area contributed by atoms with Gasteiger partial charge in [-0.05, 0) is 12.5 Å². The number of rotatable bonds is 0. The van der Waals surface area contributed by atoms with Gasteiger partial charge in [-0.15, -0.1) is 0 Å². The molecule has 0 bridgehead atoms. The minimum atomic E-state index is -0.0995. The summed E-state index contributed by atoms with van der Waals surface area (Å²) in [5.74, 6) is 0.206. The van der Waals surface area contributed by atoms with E-state index < -0.39 is 0 Å². The van der Waals surface area contributed by atoms with Crippen LogP contribution in [0.25, 0.3) is 0 Å². The Morgan fingerprint density at radius 2 is 2.22 bits per heavy atom. The molecular formula is C6H8N2O. The van der Waals surface area contributed by atoms with E-state index in [0.29, 0.717) is 5.84 Å². The molecule has 0 fully saturated rings. The van der Waals surface area contributed by atoms with Gasteiger partial charge in [0.25, 0.3) is 5.91 Å². The van der Waals surface area contributed by atoms with Crippen molar-refractivity contribution in [3.05, 3.63) is 11.6 Å². The van der Waals surface area contributed by atoms with Crippen LogP contribution in [-0.4, -0.2) is 23.7 Å². The van der Waals surface area contributed by atoms with Gasteiger partial charge in [-0.3, -0.25) is 15.1 Å². The van der Waals surface area contributed by atoms with Crippen molar-refractivity contribution in [2.45, 2.75) is 6.92 Å². The topological polar surface area (TPSA) is 44.2 Å². The third kappa shape index (κ3) is 0.740. The number of carbonyl (C=O) groups excluding carboxylic acids is 1. The Morgan fingerprint density at radius 1 is 1.67 bits per heavy atom. The van der Waals surface area contributed by atoms with Gasteiger partial charge >= 0.3 is 0 Å². The Labute approximate surface area is 53.5 Å². The van der Waals surface area contributed by atoms with Gasteiger partial charge in [0.05, 0.1) is 0 Å². The molecule has 1 amide bonds. The standard InChI is InChI=1S/C6H8N2O/c1-4-3-5(9)8(2)6(4)7/h3,7H,1-2H3. The lowest BCUT2D eigenvalue weighted by Gasteiger charge is -2.07. The number of amides is 1. The number of amidine groups is 1. The fraction of sp³-hybridized carbons (Fsp3) is 0.333. The SMILES string of the molecule is CC1=CC(=O)N(C)C1=N. The number of hydrogen-bond donors (Lipinski definition) is 1. The lowest BCUT2D eigenvalue weighted by molar-refractivity contribution is -0.121. The molecule has 0 aliphatic carbocycles. The third-order valence-electron chi connectivity index (χ3n) is 1.38. The summed E-state index contributed by atoms with van der Waals surface area (Å²) >= 11 is 0. The lowest BCUT2D eigenvalue weighted by atomic mass is 10.3. The molecule has 3 nitrogen and oxygen atoms in total. The predicted molar refractivity (Wildman–Crippen MR) is 34.3 cm³/mol. The molecular weight excluding hydrogens is 116 g/mol. The number of likely N-dealkylation sites (N-methyl/N-ethyl adjacent to an activating group) is 1. The summed E-state index contributed by atoms with van der Waals surface area (Å²) in [7, 11) is 1.59. The van der Waals surface area contributed by atoms with Crippen molar-refractivity contribution in [2.24, 2.45) is 0 Å². The smallest absolute Gasteiger partial charge is 0.252 e. The van der Waals surface area contributed by atoms with Gasteiger partial charge in [0, 0.05) is 13.1 Å². The van der Waals surface area contributed by atoms with E-state index in [0.717, 1.165) is 5.57 Å². The van der Waals surface area contributed by atoms with E-state index in [1.807, 2.05) is 0 Å². The van der Waals surface area contributed by atoms with Crippen molar-refractivity contribution in [2.75, 3.05) is 7.05 Å². The number of nitrogens with one attached hydrogen (secondary N) is 1. The Kier molecular flexibility index (Phi) is 1.12. The van der Waals surface area contributed by atoms with Gasteiger partial charge < -0.3 is 0 Å². The lowest BCUT2D eigenvalue weighted by Crippen LogP contribution is -2.24. The number of nitrogens with zero attached hydrogens (tertiary/aromatic N) is 1. The molecule has 0 aromatic heterocycles. The molecule has 1 aliphatic heterocycles. The zero-order chi connectivity index (χ0) is 7.02. The maximum atomic E-state index is 10.7. The first-order valence-electron chi connectivity index (χ1n) is 2.68. The van der Waals surface area contributed by atoms with E-state index in [1.54, 1.807) is 14.0 Å². The Hall–Kier alpha value is -1.12. The summed E-state index contributed by atoms with van der Waals surface area (Å²) in [6.45, 7) is 1.75. The highest BCUT2D eigenvalue weighted by molar-refractivity contribution is 6.16. The number of hydrogen-bond acceptors (Lipinski definition) is 2. The fourth-order valence-electron chi connectivity index (χ4n) is 0.725. The molecule has 1 rings (SSSR count). The molecule has 1 heterocycles. The Morgan fingerprint density at radius 3 is 2.33 bits per heavy atom. The summed E-state index contributed by atoms with van der Waals surface area (Å²) < 4.78 is 0. The van der Waals surface area contributed by atoms with E-state index >= 15 is 0 Å². The molecule has 1 N–H and O–H groups in total. The average molecular weight is 124 g/mol. The molecule has 9 heavy (non-hydrogen) atoms. The number of carbonyl (C=O) groups is 1. The van der Waals surface area contributed by atoms with Gasteiger partial charge in [-0.25, -0.2) is 0 Å². The van der Waals surface area contributed by atoms with Crippen LogP contribution in [0.5, 0.6) is 0 Å². The van der Waals surface area contributed by atoms with Gasteiger partial charge in [0.2, 0.25) is 0 Å². The van der Waals surface area contributed by atoms with Crippen molar-refractivity contribution in [1.29, 1.82) is 5.41 Å². The van der Waals surface area contributed by atoms with Crippen molar-refractivity contribution in [3.8, 4) is 0 Å². The van der Waals surface area contributed by atoms with E-state index in [2.05, 4.69) is 0 Å². The normalized spacial score (nSPS) is 18.9. The molecule has 48 valence electrons. The van der Waals surface area contributed by atoms with Crippen LogP contribution in [0.1, 0.15) is 6.92 Å². The molecule has 0 atom stereocenters. The Bertz CT molecular complexity index is 205. The highest BCUT2D eigenvalue weighted by Gasteiger charge is 2.19. The second-order valence-corrected chi connectivity index (χ2v) is 2.07. The monoisotopic (exact) mass is 124 g/mol. The van der Waals surface area contributed by atoms with Gasteiger partial charge in [0.15, 0.2) is 0 Å². The van der Waals surface area contributed by atoms with Crippen LogP contribution in [0.4, 0.5) is 0 Å². The van der Waals surface area contributed by atoms with E-state index in [9.17, 15) is 4.79 Å². The predicted octanol–water partition coefficient (Wildman–Crippen LogP) is 0.382. The molecule has 0 spiro atoms. The van der Waals surface area contributed by atoms with Crippen LogP contribution in [0.2, 0.25) is 0 Å². The third-order valence-corrected chi connectivity index (χ3v) is 1.38. The molecule has 1 aliphatic rings. The second kappa shape index (κ2) is 1.69. The second-order valence-electron chi connectivity index (χ2n) is 2.07. The van der Waals surface area contributed by atoms with Crippen LogP contribution in [0.15, 0.2) is 11.6 Å². The maximum Gasteiger partial charge on any atom is 0.252 e. The van der Waals surface area contributed by atoms with Crippen molar-refractivity contribution >= 4 is 11.7 Å². The largest absolute Gasteiger partial charge is 0.297 e. The zero-order valence-corrected chi connectivity index (χ0v) is 5.43. The van der Waals surface area contributed by atoms with E-state index in [4.69, 9.17) is 5.41 Å². The highest BCUT2D eigenvalue weighted by Crippen LogP contribution is 2.08. The summed E-state index contributed by atoms with van der Waals surface area (Å²) in [4.78, 5) is 12.0. The van der Waals surface area contributed by atoms with E-state index in [1.165, 1.54) is 11.0 Å². The molecule has 0 unspecified atom stereocenters. The van der Waals surface area contributed by atoms with Gasteiger partial charge in [-0.1, -0.05) is 0 Å². The molecule has 0 saturated carbocycles. The van der Waals surface area contributed by atoms with Gasteiger partial charge in [-0.2, -0.15) is 0 Å². The first-order chi connectivity index (χ1) is 4.13. The van der Waals surface area contributed by atoms with Gasteiger partial charge in [0.1, 0.15) is 5.84 Å². The quantitative estimate of drug-likeness (QED) is 0.498. The summed E-state index contributed by atoms with van der Waals surface area (Å²) in [6, 6.07) is 0. The average Bonchev–Trinajstić information content (AvgIpc) is 1.98. The molecule has 3 heteroatoms. The van der Waals surface area contributed by atoms with Crippen molar-refractivity contribution in [1.82, 2.24) is 4.90 Å². The van der Waals surface area contributed by atoms with Crippen molar-refractivity contribution < 1.29 is 4.79 Å². The molecule has 0 saturated heterocycles. The first-order valence-corrected chi connectivity index (χ1v) is 2.68. The minimum Gasteiger partial charge on any atom is -0.297 e. The minimum absolute atomic E-state index is 0.0995. The van der Waals surface area contributed by atoms with Crippen molar-refractivity contribution in [3.63, 3.8) is 0 Å². The fourth-order valence-corrected chi connectivity index (χ4v) is 0.725. The van der Waals surface area contributed by atoms with Crippen LogP contribution >= 0.6 is 0 Å².